The minimum Gasteiger partial charge on any atom is -0.273 e. The number of sulfonamides is 1. The van der Waals surface area contributed by atoms with Crippen LogP contribution in [0.15, 0.2) is 47.6 Å². The summed E-state index contributed by atoms with van der Waals surface area (Å²) in [5.74, 6) is -1.12. The van der Waals surface area contributed by atoms with Gasteiger partial charge in [0.05, 0.1) is 4.90 Å². The Bertz CT molecular complexity index is 1000. The number of piperidine rings is 1. The third-order valence-corrected chi connectivity index (χ3v) is 7.08. The molecule has 0 aliphatic carbocycles. The second kappa shape index (κ2) is 8.71. The molecule has 0 radical (unpaired) electrons. The van der Waals surface area contributed by atoms with E-state index >= 15 is 0 Å². The van der Waals surface area contributed by atoms with E-state index in [1.165, 1.54) is 28.8 Å². The fraction of sp³-hybridized carbons (Fsp3) is 0.350. The fourth-order valence-electron chi connectivity index (χ4n) is 3.18. The van der Waals surface area contributed by atoms with Crippen LogP contribution in [0.3, 0.4) is 0 Å². The van der Waals surface area contributed by atoms with Crippen molar-refractivity contribution >= 4 is 21.8 Å². The van der Waals surface area contributed by atoms with E-state index in [1.807, 2.05) is 13.8 Å². The zero-order valence-electron chi connectivity index (χ0n) is 16.4. The molecule has 29 heavy (non-hydrogen) atoms. The van der Waals surface area contributed by atoms with Gasteiger partial charge in [0, 0.05) is 37.0 Å². The number of nitrogens with one attached hydrogen (secondary N) is 2. The molecule has 3 rings (SSSR count). The van der Waals surface area contributed by atoms with Gasteiger partial charge in [-0.3, -0.25) is 25.4 Å². The van der Waals surface area contributed by atoms with E-state index < -0.39 is 15.9 Å². The molecule has 1 fully saturated rings. The van der Waals surface area contributed by atoms with Gasteiger partial charge in [0.2, 0.25) is 15.9 Å². The van der Waals surface area contributed by atoms with Crippen LogP contribution in [0.5, 0.6) is 0 Å². The number of pyridine rings is 1. The number of carbonyl (C=O) groups is 2. The highest BCUT2D eigenvalue weighted by Gasteiger charge is 2.32. The highest BCUT2D eigenvalue weighted by molar-refractivity contribution is 7.89. The van der Waals surface area contributed by atoms with Crippen molar-refractivity contribution in [1.29, 1.82) is 0 Å². The molecule has 2 aromatic rings. The Morgan fingerprint density at radius 3 is 2.28 bits per heavy atom. The van der Waals surface area contributed by atoms with E-state index in [4.69, 9.17) is 0 Å². The van der Waals surface area contributed by atoms with Gasteiger partial charge in [0.25, 0.3) is 5.91 Å². The normalized spacial score (nSPS) is 15.7. The van der Waals surface area contributed by atoms with E-state index in [1.54, 1.807) is 18.2 Å². The number of benzene rings is 1. The maximum absolute atomic E-state index is 12.9. The van der Waals surface area contributed by atoms with Crippen LogP contribution < -0.4 is 10.9 Å². The number of carbonyl (C=O) groups excluding carboxylic acids is 2. The molecule has 1 aliphatic rings. The minimum atomic E-state index is -3.59. The van der Waals surface area contributed by atoms with E-state index in [9.17, 15) is 18.0 Å². The summed E-state index contributed by atoms with van der Waals surface area (Å²) < 4.78 is 27.1. The molecule has 0 atom stereocenters. The maximum atomic E-state index is 12.9. The van der Waals surface area contributed by atoms with Crippen molar-refractivity contribution in [3.05, 3.63) is 59.4 Å². The average molecular weight is 417 g/mol. The Labute approximate surface area is 170 Å². The van der Waals surface area contributed by atoms with Gasteiger partial charge in [-0.1, -0.05) is 6.07 Å². The molecule has 8 nitrogen and oxygen atoms in total. The smallest absolute Gasteiger partial charge is 0.269 e. The Balaban J connectivity index is 1.55. The molecule has 1 aromatic heterocycles. The number of aryl methyl sites for hydroxylation is 2. The van der Waals surface area contributed by atoms with Crippen LogP contribution >= 0.6 is 0 Å². The van der Waals surface area contributed by atoms with Crippen LogP contribution in [0, 0.1) is 19.8 Å². The van der Waals surface area contributed by atoms with Crippen LogP contribution in [0.4, 0.5) is 0 Å². The number of hydrogen-bond acceptors (Lipinski definition) is 5. The van der Waals surface area contributed by atoms with Crippen molar-refractivity contribution in [3.8, 4) is 0 Å². The number of amides is 2. The summed E-state index contributed by atoms with van der Waals surface area (Å²) in [6, 6.07) is 8.17. The zero-order chi connectivity index (χ0) is 21.0. The van der Waals surface area contributed by atoms with Crippen LogP contribution in [0.1, 0.15) is 34.3 Å². The second-order valence-corrected chi connectivity index (χ2v) is 9.04. The first-order chi connectivity index (χ1) is 13.8. The van der Waals surface area contributed by atoms with E-state index in [0.29, 0.717) is 18.4 Å². The molecular formula is C20H24N4O4S. The molecule has 0 spiro atoms. The Morgan fingerprint density at radius 2 is 1.66 bits per heavy atom. The largest absolute Gasteiger partial charge is 0.273 e. The summed E-state index contributed by atoms with van der Waals surface area (Å²) in [5.41, 5.74) is 7.14. The van der Waals surface area contributed by atoms with Crippen molar-refractivity contribution in [2.75, 3.05) is 13.1 Å². The van der Waals surface area contributed by atoms with Gasteiger partial charge >= 0.3 is 0 Å². The van der Waals surface area contributed by atoms with Crippen LogP contribution in [-0.2, 0) is 14.8 Å². The fourth-order valence-corrected chi connectivity index (χ4v) is 4.73. The molecule has 1 aliphatic heterocycles. The third-order valence-electron chi connectivity index (χ3n) is 5.18. The summed E-state index contributed by atoms with van der Waals surface area (Å²) in [6.07, 6.45) is 3.76. The lowest BCUT2D eigenvalue weighted by Crippen LogP contribution is -2.48. The van der Waals surface area contributed by atoms with Gasteiger partial charge in [-0.2, -0.15) is 4.31 Å². The summed E-state index contributed by atoms with van der Waals surface area (Å²) in [4.78, 5) is 28.4. The number of rotatable bonds is 4. The first-order valence-electron chi connectivity index (χ1n) is 9.36. The van der Waals surface area contributed by atoms with Gasteiger partial charge in [-0.25, -0.2) is 8.42 Å². The van der Waals surface area contributed by atoms with Crippen molar-refractivity contribution in [2.45, 2.75) is 31.6 Å². The van der Waals surface area contributed by atoms with E-state index in [0.717, 1.165) is 11.1 Å². The number of nitrogens with zero attached hydrogens (tertiary/aromatic N) is 2. The van der Waals surface area contributed by atoms with Crippen molar-refractivity contribution in [1.82, 2.24) is 20.1 Å². The Hall–Kier alpha value is -2.78. The van der Waals surface area contributed by atoms with Crippen LogP contribution in [0.2, 0.25) is 0 Å². The lowest BCUT2D eigenvalue weighted by atomic mass is 9.98. The van der Waals surface area contributed by atoms with Gasteiger partial charge in [-0.05, 0) is 62.1 Å². The average Bonchev–Trinajstić information content (AvgIpc) is 2.74. The molecule has 9 heteroatoms. The molecule has 2 N–H and O–H groups in total. The topological polar surface area (TPSA) is 108 Å². The molecule has 1 saturated heterocycles. The Morgan fingerprint density at radius 1 is 1.00 bits per heavy atom. The van der Waals surface area contributed by atoms with E-state index in [-0.39, 0.29) is 29.8 Å². The van der Waals surface area contributed by atoms with Gasteiger partial charge in [-0.15, -0.1) is 0 Å². The molecule has 0 saturated carbocycles. The molecular weight excluding hydrogens is 392 g/mol. The SMILES string of the molecule is Cc1ccc(S(=O)(=O)N2CCC(C(=O)NNC(=O)c3ccncc3)CC2)cc1C. The lowest BCUT2D eigenvalue weighted by Gasteiger charge is -2.30. The van der Waals surface area contributed by atoms with Crippen molar-refractivity contribution < 1.29 is 18.0 Å². The van der Waals surface area contributed by atoms with Crippen molar-refractivity contribution in [2.24, 2.45) is 5.92 Å². The Kier molecular flexibility index (Phi) is 6.29. The van der Waals surface area contributed by atoms with Crippen LogP contribution in [0.25, 0.3) is 0 Å². The summed E-state index contributed by atoms with van der Waals surface area (Å²) in [6.45, 7) is 4.33. The minimum absolute atomic E-state index is 0.256. The molecule has 2 amide bonds. The zero-order valence-corrected chi connectivity index (χ0v) is 17.2. The monoisotopic (exact) mass is 416 g/mol. The van der Waals surface area contributed by atoms with Gasteiger partial charge < -0.3 is 0 Å². The third kappa shape index (κ3) is 4.80. The summed E-state index contributed by atoms with van der Waals surface area (Å²) >= 11 is 0. The molecule has 0 unspecified atom stereocenters. The standard InChI is InChI=1S/C20H24N4O4S/c1-14-3-4-18(13-15(14)2)29(27,28)24-11-7-17(8-12-24)20(26)23-22-19(25)16-5-9-21-10-6-16/h3-6,9-10,13,17H,7-8,11-12H2,1-2H3,(H,22,25)(H,23,26). The molecule has 0 bridgehead atoms. The lowest BCUT2D eigenvalue weighted by molar-refractivity contribution is -0.126. The highest BCUT2D eigenvalue weighted by atomic mass is 32.2. The predicted octanol–water partition coefficient (Wildman–Crippen LogP) is 1.56. The predicted molar refractivity (Wildman–Crippen MR) is 107 cm³/mol. The van der Waals surface area contributed by atoms with Crippen LogP contribution in [-0.4, -0.2) is 42.6 Å². The molecule has 1 aromatic carbocycles. The first kappa shape index (κ1) is 20.9. The second-order valence-electron chi connectivity index (χ2n) is 7.10. The molecule has 154 valence electrons. The number of hydrazine groups is 1. The first-order valence-corrected chi connectivity index (χ1v) is 10.8. The molecule has 2 heterocycles. The number of hydrogen-bond donors (Lipinski definition) is 2. The highest BCUT2D eigenvalue weighted by Crippen LogP contribution is 2.25. The van der Waals surface area contributed by atoms with Gasteiger partial charge in [0.15, 0.2) is 0 Å². The van der Waals surface area contributed by atoms with Gasteiger partial charge in [0.1, 0.15) is 0 Å². The van der Waals surface area contributed by atoms with E-state index in [2.05, 4.69) is 15.8 Å². The number of aromatic nitrogens is 1. The van der Waals surface area contributed by atoms with Crippen molar-refractivity contribution in [3.63, 3.8) is 0 Å². The maximum Gasteiger partial charge on any atom is 0.269 e. The summed E-state index contributed by atoms with van der Waals surface area (Å²) in [7, 11) is -3.59. The summed E-state index contributed by atoms with van der Waals surface area (Å²) in [5, 5.41) is 0. The quantitative estimate of drug-likeness (QED) is 0.736.